The Morgan fingerprint density at radius 3 is 2.70 bits per heavy atom. The van der Waals surface area contributed by atoms with Gasteiger partial charge in [-0.2, -0.15) is 0 Å². The molecular weight excluding hydrogens is 365 g/mol. The number of carbonyl (C=O) groups is 1. The fourth-order valence-corrected chi connectivity index (χ4v) is 3.99. The third-order valence-corrected chi connectivity index (χ3v) is 5.69. The lowest BCUT2D eigenvalue weighted by Gasteiger charge is -2.05. The number of rotatable bonds is 7. The van der Waals surface area contributed by atoms with Crippen LogP contribution in [0.4, 0.5) is 4.39 Å². The Morgan fingerprint density at radius 2 is 2.00 bits per heavy atom. The van der Waals surface area contributed by atoms with Crippen molar-refractivity contribution < 1.29 is 9.18 Å². The number of thiophene rings is 1. The number of aryl methyl sites for hydroxylation is 2. The fraction of sp³-hybridized carbons (Fsp3) is 0.350. The zero-order chi connectivity index (χ0) is 19.4. The maximum atomic E-state index is 13.0. The van der Waals surface area contributed by atoms with Crippen LogP contribution in [0.5, 0.6) is 0 Å². The molecule has 27 heavy (non-hydrogen) atoms. The summed E-state index contributed by atoms with van der Waals surface area (Å²) in [6.07, 6.45) is 4.64. The Hall–Kier alpha value is -2.54. The highest BCUT2D eigenvalue weighted by Crippen LogP contribution is 2.26. The van der Waals surface area contributed by atoms with E-state index < -0.39 is 0 Å². The average molecular weight is 387 g/mol. The minimum atomic E-state index is -0.313. The van der Waals surface area contributed by atoms with Crippen LogP contribution in [0.25, 0.3) is 10.2 Å². The molecule has 0 saturated carbocycles. The van der Waals surface area contributed by atoms with Gasteiger partial charge in [-0.3, -0.25) is 14.2 Å². The Morgan fingerprint density at radius 1 is 1.26 bits per heavy atom. The number of hydrogen-bond acceptors (Lipinski definition) is 4. The molecule has 2 aromatic heterocycles. The first kappa shape index (κ1) is 19.2. The first-order chi connectivity index (χ1) is 13.0. The zero-order valence-corrected chi connectivity index (χ0v) is 16.2. The molecule has 0 aliphatic carbocycles. The van der Waals surface area contributed by atoms with Crippen molar-refractivity contribution in [1.82, 2.24) is 14.9 Å². The van der Waals surface area contributed by atoms with E-state index >= 15 is 0 Å². The number of nitrogens with one attached hydrogen (secondary N) is 1. The predicted molar refractivity (Wildman–Crippen MR) is 106 cm³/mol. The van der Waals surface area contributed by atoms with Crippen molar-refractivity contribution >= 4 is 27.5 Å². The second kappa shape index (κ2) is 8.43. The van der Waals surface area contributed by atoms with Crippen molar-refractivity contribution in [2.45, 2.75) is 46.2 Å². The summed E-state index contributed by atoms with van der Waals surface area (Å²) < 4.78 is 14.6. The van der Waals surface area contributed by atoms with Crippen molar-refractivity contribution in [3.8, 4) is 0 Å². The lowest BCUT2D eigenvalue weighted by Crippen LogP contribution is -2.23. The van der Waals surface area contributed by atoms with Gasteiger partial charge in [0.05, 0.1) is 16.6 Å². The summed E-state index contributed by atoms with van der Waals surface area (Å²) in [5.41, 5.74) is 1.37. The molecule has 0 saturated heterocycles. The highest BCUT2D eigenvalue weighted by molar-refractivity contribution is 7.20. The number of fused-ring (bicyclic) bond motifs is 1. The second-order valence-electron chi connectivity index (χ2n) is 6.50. The van der Waals surface area contributed by atoms with E-state index in [2.05, 4.69) is 17.2 Å². The van der Waals surface area contributed by atoms with Gasteiger partial charge in [0.15, 0.2) is 0 Å². The molecule has 0 aliphatic heterocycles. The molecule has 1 N–H and O–H groups in total. The Labute approximate surface area is 160 Å². The molecule has 0 unspecified atom stereocenters. The summed E-state index contributed by atoms with van der Waals surface area (Å²) in [6, 6.07) is 5.97. The van der Waals surface area contributed by atoms with Gasteiger partial charge in [-0.1, -0.05) is 31.9 Å². The van der Waals surface area contributed by atoms with Gasteiger partial charge in [0, 0.05) is 13.1 Å². The van der Waals surface area contributed by atoms with E-state index in [-0.39, 0.29) is 17.3 Å². The van der Waals surface area contributed by atoms with Crippen LogP contribution in [-0.2, 0) is 13.1 Å². The van der Waals surface area contributed by atoms with E-state index in [0.29, 0.717) is 33.7 Å². The summed E-state index contributed by atoms with van der Waals surface area (Å²) in [4.78, 5) is 30.8. The molecule has 142 valence electrons. The highest BCUT2D eigenvalue weighted by Gasteiger charge is 2.19. The van der Waals surface area contributed by atoms with Gasteiger partial charge >= 0.3 is 0 Å². The SMILES string of the molecule is CCCCCn1cnc2sc(C(=O)NCc3ccc(F)cc3)c(C)c2c1=O. The molecule has 1 aromatic carbocycles. The van der Waals surface area contributed by atoms with Crippen LogP contribution in [0.1, 0.15) is 47.0 Å². The van der Waals surface area contributed by atoms with Crippen molar-refractivity contribution in [3.63, 3.8) is 0 Å². The quantitative estimate of drug-likeness (QED) is 0.623. The molecule has 2 heterocycles. The van der Waals surface area contributed by atoms with Gasteiger partial charge in [-0.05, 0) is 36.6 Å². The smallest absolute Gasteiger partial charge is 0.262 e. The Balaban J connectivity index is 1.81. The number of carbonyl (C=O) groups excluding carboxylic acids is 1. The molecule has 0 atom stereocenters. The van der Waals surface area contributed by atoms with Crippen LogP contribution >= 0.6 is 11.3 Å². The molecular formula is C20H22FN3O2S. The highest BCUT2D eigenvalue weighted by atomic mass is 32.1. The third kappa shape index (κ3) is 4.24. The number of nitrogens with zero attached hydrogens (tertiary/aromatic N) is 2. The number of aromatic nitrogens is 2. The second-order valence-corrected chi connectivity index (χ2v) is 7.49. The van der Waals surface area contributed by atoms with Crippen molar-refractivity contribution in [1.29, 1.82) is 0 Å². The Kier molecular flexibility index (Phi) is 6.01. The number of unbranched alkanes of at least 4 members (excludes halogenated alkanes) is 2. The summed E-state index contributed by atoms with van der Waals surface area (Å²) in [5, 5.41) is 3.34. The summed E-state index contributed by atoms with van der Waals surface area (Å²) in [7, 11) is 0. The lowest BCUT2D eigenvalue weighted by atomic mass is 10.2. The predicted octanol–water partition coefficient (Wildman–Crippen LogP) is 4.03. The lowest BCUT2D eigenvalue weighted by molar-refractivity contribution is 0.0954. The molecule has 7 heteroatoms. The van der Waals surface area contributed by atoms with Gasteiger partial charge in [0.25, 0.3) is 11.5 Å². The van der Waals surface area contributed by atoms with E-state index in [0.717, 1.165) is 24.8 Å². The summed E-state index contributed by atoms with van der Waals surface area (Å²) in [5.74, 6) is -0.566. The van der Waals surface area contributed by atoms with Crippen LogP contribution in [0.3, 0.4) is 0 Å². The number of benzene rings is 1. The number of halogens is 1. The molecule has 0 bridgehead atoms. The maximum absolute atomic E-state index is 13.0. The monoisotopic (exact) mass is 387 g/mol. The van der Waals surface area contributed by atoms with E-state index in [1.807, 2.05) is 0 Å². The minimum absolute atomic E-state index is 0.0950. The largest absolute Gasteiger partial charge is 0.347 e. The Bertz CT molecular complexity index is 1010. The van der Waals surface area contributed by atoms with Crippen LogP contribution in [0, 0.1) is 12.7 Å². The fourth-order valence-electron chi connectivity index (χ4n) is 2.93. The molecule has 3 rings (SSSR count). The van der Waals surface area contributed by atoms with E-state index in [1.165, 1.54) is 23.5 Å². The van der Waals surface area contributed by atoms with Crippen molar-refractivity contribution in [2.75, 3.05) is 0 Å². The zero-order valence-electron chi connectivity index (χ0n) is 15.4. The number of hydrogen-bond donors (Lipinski definition) is 1. The topological polar surface area (TPSA) is 64.0 Å². The van der Waals surface area contributed by atoms with Crippen molar-refractivity contribution in [3.05, 3.63) is 62.8 Å². The molecule has 1 amide bonds. The normalized spacial score (nSPS) is 11.1. The van der Waals surface area contributed by atoms with Crippen LogP contribution in [0.2, 0.25) is 0 Å². The van der Waals surface area contributed by atoms with Crippen LogP contribution in [0.15, 0.2) is 35.4 Å². The van der Waals surface area contributed by atoms with Gasteiger partial charge in [0.2, 0.25) is 0 Å². The van der Waals surface area contributed by atoms with Gasteiger partial charge in [-0.15, -0.1) is 11.3 Å². The van der Waals surface area contributed by atoms with E-state index in [9.17, 15) is 14.0 Å². The van der Waals surface area contributed by atoms with E-state index in [4.69, 9.17) is 0 Å². The molecule has 3 aromatic rings. The first-order valence-electron chi connectivity index (χ1n) is 9.02. The van der Waals surface area contributed by atoms with Gasteiger partial charge < -0.3 is 5.32 Å². The van der Waals surface area contributed by atoms with Crippen LogP contribution in [-0.4, -0.2) is 15.5 Å². The summed E-state index contributed by atoms with van der Waals surface area (Å²) in [6.45, 7) is 4.83. The molecule has 0 spiro atoms. The standard InChI is InChI=1S/C20H22FN3O2S/c1-3-4-5-10-24-12-23-19-16(20(24)26)13(2)17(27-19)18(25)22-11-14-6-8-15(21)9-7-14/h6-9,12H,3-5,10-11H2,1-2H3,(H,22,25). The molecule has 5 nitrogen and oxygen atoms in total. The molecule has 0 fully saturated rings. The molecule has 0 radical (unpaired) electrons. The average Bonchev–Trinajstić information content (AvgIpc) is 3.00. The number of amides is 1. The summed E-state index contributed by atoms with van der Waals surface area (Å²) >= 11 is 1.22. The third-order valence-electron chi connectivity index (χ3n) is 4.49. The minimum Gasteiger partial charge on any atom is -0.347 e. The van der Waals surface area contributed by atoms with Crippen molar-refractivity contribution in [2.24, 2.45) is 0 Å². The van der Waals surface area contributed by atoms with Gasteiger partial charge in [-0.25, -0.2) is 9.37 Å². The van der Waals surface area contributed by atoms with E-state index in [1.54, 1.807) is 30.0 Å². The van der Waals surface area contributed by atoms with Gasteiger partial charge in [0.1, 0.15) is 10.6 Å². The maximum Gasteiger partial charge on any atom is 0.262 e. The molecule has 0 aliphatic rings. The first-order valence-corrected chi connectivity index (χ1v) is 9.84. The van der Waals surface area contributed by atoms with Crippen LogP contribution < -0.4 is 10.9 Å².